The predicted molar refractivity (Wildman–Crippen MR) is 97.7 cm³/mol. The Morgan fingerprint density at radius 1 is 1.11 bits per heavy atom. The quantitative estimate of drug-likeness (QED) is 0.641. The van der Waals surface area contributed by atoms with Gasteiger partial charge in [0.15, 0.2) is 11.8 Å². The maximum Gasteiger partial charge on any atom is 0.356 e. The first-order valence-corrected chi connectivity index (χ1v) is 8.64. The van der Waals surface area contributed by atoms with Crippen LogP contribution in [0.5, 0.6) is 0 Å². The lowest BCUT2D eigenvalue weighted by atomic mass is 10.0. The average molecular weight is 363 g/mol. The third-order valence-electron chi connectivity index (χ3n) is 4.17. The van der Waals surface area contributed by atoms with Gasteiger partial charge in [0, 0.05) is 17.5 Å². The summed E-state index contributed by atoms with van der Waals surface area (Å²) in [6.07, 6.45) is 0.0852. The summed E-state index contributed by atoms with van der Waals surface area (Å²) < 4.78 is 10.3. The molecule has 0 spiro atoms. The van der Waals surface area contributed by atoms with E-state index in [2.05, 4.69) is 15.3 Å². The lowest BCUT2D eigenvalue weighted by molar-refractivity contribution is -0.135. The zero-order valence-corrected chi connectivity index (χ0v) is 14.7. The van der Waals surface area contributed by atoms with Crippen LogP contribution >= 0.6 is 0 Å². The van der Waals surface area contributed by atoms with E-state index in [4.69, 9.17) is 14.1 Å². The maximum atomic E-state index is 11.7. The highest BCUT2D eigenvalue weighted by molar-refractivity contribution is 6.36. The number of carbonyl (C=O) groups excluding carboxylic acids is 1. The van der Waals surface area contributed by atoms with Crippen molar-refractivity contribution in [3.8, 4) is 22.8 Å². The smallest absolute Gasteiger partial charge is 0.356 e. The predicted octanol–water partition coefficient (Wildman–Crippen LogP) is 3.78. The molecule has 27 heavy (non-hydrogen) atoms. The molecule has 0 saturated heterocycles. The molecule has 1 aromatic heterocycles. The minimum absolute atomic E-state index is 0.302. The highest BCUT2D eigenvalue weighted by Crippen LogP contribution is 2.29. The Morgan fingerprint density at radius 3 is 2.63 bits per heavy atom. The van der Waals surface area contributed by atoms with Gasteiger partial charge in [0.25, 0.3) is 5.89 Å². The van der Waals surface area contributed by atoms with Gasteiger partial charge in [-0.3, -0.25) is 0 Å². The van der Waals surface area contributed by atoms with Crippen molar-refractivity contribution in [1.29, 1.82) is 0 Å². The topological polar surface area (TPSA) is 86.8 Å². The van der Waals surface area contributed by atoms with Gasteiger partial charge in [-0.25, -0.2) is 4.79 Å². The van der Waals surface area contributed by atoms with E-state index in [0.29, 0.717) is 30.5 Å². The molecule has 1 atom stereocenters. The standard InChI is InChI=1S/C20H17N3O4/c1-2-25-20(24)16-12-17(26-22-16)13-8-10-14(11-9-13)18-21-19(27-23-18)15-6-4-3-5-7-15/h3-11,17H,2,12H2,1H3. The summed E-state index contributed by atoms with van der Waals surface area (Å²) in [5.74, 6) is 0.550. The van der Waals surface area contributed by atoms with Crippen LogP contribution in [0.4, 0.5) is 0 Å². The molecule has 3 aromatic rings. The Bertz CT molecular complexity index is 964. The number of hydrogen-bond donors (Lipinski definition) is 0. The summed E-state index contributed by atoms with van der Waals surface area (Å²) in [7, 11) is 0. The van der Waals surface area contributed by atoms with E-state index in [1.165, 1.54) is 0 Å². The van der Waals surface area contributed by atoms with Crippen molar-refractivity contribution >= 4 is 11.7 Å². The maximum absolute atomic E-state index is 11.7. The Labute approximate surface area is 155 Å². The molecule has 7 nitrogen and oxygen atoms in total. The summed E-state index contributed by atoms with van der Waals surface area (Å²) in [6, 6.07) is 17.2. The Morgan fingerprint density at radius 2 is 1.89 bits per heavy atom. The first-order valence-electron chi connectivity index (χ1n) is 8.64. The van der Waals surface area contributed by atoms with Crippen LogP contribution in [0.3, 0.4) is 0 Å². The van der Waals surface area contributed by atoms with Crippen molar-refractivity contribution < 1.29 is 18.9 Å². The number of rotatable bonds is 5. The number of ether oxygens (including phenoxy) is 1. The van der Waals surface area contributed by atoms with E-state index in [1.54, 1.807) is 6.92 Å². The molecule has 136 valence electrons. The number of aromatic nitrogens is 2. The minimum Gasteiger partial charge on any atom is -0.461 e. The van der Waals surface area contributed by atoms with Crippen molar-refractivity contribution in [2.24, 2.45) is 5.16 Å². The van der Waals surface area contributed by atoms with Crippen LogP contribution in [-0.2, 0) is 14.4 Å². The molecule has 0 amide bonds. The summed E-state index contributed by atoms with van der Waals surface area (Å²) >= 11 is 0. The molecule has 4 rings (SSSR count). The zero-order chi connectivity index (χ0) is 18.6. The zero-order valence-electron chi connectivity index (χ0n) is 14.7. The van der Waals surface area contributed by atoms with Crippen molar-refractivity contribution in [2.75, 3.05) is 6.61 Å². The number of esters is 1. The van der Waals surface area contributed by atoms with Crippen LogP contribution in [0.1, 0.15) is 25.0 Å². The lowest BCUT2D eigenvalue weighted by Gasteiger charge is -2.08. The molecular formula is C20H17N3O4. The van der Waals surface area contributed by atoms with Gasteiger partial charge in [-0.1, -0.05) is 52.8 Å². The summed E-state index contributed by atoms with van der Waals surface area (Å²) in [5.41, 5.74) is 2.91. The summed E-state index contributed by atoms with van der Waals surface area (Å²) in [5, 5.41) is 7.88. The number of carbonyl (C=O) groups is 1. The SMILES string of the molecule is CCOC(=O)C1=NOC(c2ccc(-c3noc(-c4ccccc4)n3)cc2)C1. The molecule has 2 aromatic carbocycles. The van der Waals surface area contributed by atoms with Crippen LogP contribution in [0.2, 0.25) is 0 Å². The Hall–Kier alpha value is -3.48. The van der Waals surface area contributed by atoms with Gasteiger partial charge >= 0.3 is 5.97 Å². The van der Waals surface area contributed by atoms with Crippen LogP contribution in [0.25, 0.3) is 22.8 Å². The second-order valence-corrected chi connectivity index (χ2v) is 5.97. The molecule has 1 aliphatic heterocycles. The fourth-order valence-corrected chi connectivity index (χ4v) is 2.78. The van der Waals surface area contributed by atoms with E-state index >= 15 is 0 Å². The second-order valence-electron chi connectivity index (χ2n) is 5.97. The van der Waals surface area contributed by atoms with E-state index in [1.807, 2.05) is 54.6 Å². The van der Waals surface area contributed by atoms with Crippen molar-refractivity contribution in [1.82, 2.24) is 10.1 Å². The molecule has 0 saturated carbocycles. The third-order valence-corrected chi connectivity index (χ3v) is 4.17. The van der Waals surface area contributed by atoms with Gasteiger partial charge in [-0.15, -0.1) is 0 Å². The number of oxime groups is 1. The second kappa shape index (κ2) is 7.41. The lowest BCUT2D eigenvalue weighted by Crippen LogP contribution is -2.16. The van der Waals surface area contributed by atoms with E-state index in [9.17, 15) is 4.79 Å². The van der Waals surface area contributed by atoms with Crippen LogP contribution in [0.15, 0.2) is 64.3 Å². The first kappa shape index (κ1) is 17.0. The number of hydrogen-bond acceptors (Lipinski definition) is 7. The van der Waals surface area contributed by atoms with Crippen LogP contribution < -0.4 is 0 Å². The summed E-state index contributed by atoms with van der Waals surface area (Å²) in [6.45, 7) is 2.07. The molecule has 0 radical (unpaired) electrons. The number of benzene rings is 2. The molecule has 1 unspecified atom stereocenters. The molecule has 2 heterocycles. The molecule has 0 N–H and O–H groups in total. The van der Waals surface area contributed by atoms with E-state index in [0.717, 1.165) is 16.7 Å². The number of nitrogens with zero attached hydrogens (tertiary/aromatic N) is 3. The monoisotopic (exact) mass is 363 g/mol. The van der Waals surface area contributed by atoms with Crippen molar-refractivity contribution in [3.63, 3.8) is 0 Å². The average Bonchev–Trinajstić information content (AvgIpc) is 3.39. The highest BCUT2D eigenvalue weighted by atomic mass is 16.6. The molecule has 0 bridgehead atoms. The third kappa shape index (κ3) is 3.57. The highest BCUT2D eigenvalue weighted by Gasteiger charge is 2.28. The van der Waals surface area contributed by atoms with E-state index < -0.39 is 5.97 Å². The molecule has 1 aliphatic rings. The van der Waals surface area contributed by atoms with E-state index in [-0.39, 0.29) is 6.10 Å². The van der Waals surface area contributed by atoms with Crippen molar-refractivity contribution in [2.45, 2.75) is 19.4 Å². The van der Waals surface area contributed by atoms with Gasteiger partial charge in [0.05, 0.1) is 6.61 Å². The van der Waals surface area contributed by atoms with Crippen molar-refractivity contribution in [3.05, 3.63) is 60.2 Å². The minimum atomic E-state index is -0.433. The van der Waals surface area contributed by atoms with Gasteiger partial charge in [0.2, 0.25) is 5.82 Å². The normalized spacial score (nSPS) is 15.9. The molecule has 0 aliphatic carbocycles. The van der Waals surface area contributed by atoms with Crippen LogP contribution in [0, 0.1) is 0 Å². The summed E-state index contributed by atoms with van der Waals surface area (Å²) in [4.78, 5) is 21.5. The molecule has 7 heteroatoms. The van der Waals surface area contributed by atoms with Gasteiger partial charge < -0.3 is 14.1 Å². The van der Waals surface area contributed by atoms with Gasteiger partial charge in [-0.2, -0.15) is 4.98 Å². The molecular weight excluding hydrogens is 346 g/mol. The van der Waals surface area contributed by atoms with Crippen LogP contribution in [-0.4, -0.2) is 28.4 Å². The fourth-order valence-electron chi connectivity index (χ4n) is 2.78. The Balaban J connectivity index is 1.46. The first-order chi connectivity index (χ1) is 13.2. The largest absolute Gasteiger partial charge is 0.461 e. The van der Waals surface area contributed by atoms with Gasteiger partial charge in [-0.05, 0) is 24.6 Å². The fraction of sp³-hybridized carbons (Fsp3) is 0.200. The van der Waals surface area contributed by atoms with Gasteiger partial charge in [0.1, 0.15) is 0 Å². The molecule has 0 fully saturated rings. The Kier molecular flexibility index (Phi) is 4.65.